The van der Waals surface area contributed by atoms with E-state index in [1.165, 1.54) is 0 Å². The van der Waals surface area contributed by atoms with Crippen molar-refractivity contribution in [3.63, 3.8) is 0 Å². The lowest BCUT2D eigenvalue weighted by Crippen LogP contribution is -2.57. The summed E-state index contributed by atoms with van der Waals surface area (Å²) in [4.78, 5) is 14.1. The first-order valence-electron chi connectivity index (χ1n) is 7.77. The van der Waals surface area contributed by atoms with Gasteiger partial charge in [0.25, 0.3) is 0 Å². The number of carboxylic acids is 1. The van der Waals surface area contributed by atoms with Crippen molar-refractivity contribution in [2.24, 2.45) is 5.41 Å². The molecule has 1 aromatic carbocycles. The predicted molar refractivity (Wildman–Crippen MR) is 85.7 cm³/mol. The minimum absolute atomic E-state index is 0.268. The lowest BCUT2D eigenvalue weighted by Gasteiger charge is -2.43. The number of rotatable bonds is 7. The van der Waals surface area contributed by atoms with Gasteiger partial charge in [-0.05, 0) is 30.5 Å². The smallest absolute Gasteiger partial charge is 0.313 e. The third-order valence-electron chi connectivity index (χ3n) is 4.55. The van der Waals surface area contributed by atoms with Gasteiger partial charge in [0.2, 0.25) is 0 Å². The quantitative estimate of drug-likeness (QED) is 0.780. The Hall–Kier alpha value is -1.63. The van der Waals surface area contributed by atoms with E-state index in [9.17, 15) is 15.0 Å². The maximum absolute atomic E-state index is 12.0. The lowest BCUT2D eigenvalue weighted by atomic mass is 9.73. The molecule has 0 unspecified atom stereocenters. The summed E-state index contributed by atoms with van der Waals surface area (Å²) in [6.45, 7) is 2.20. The number of likely N-dealkylation sites (tertiary alicyclic amines) is 1. The molecule has 0 spiro atoms. The summed E-state index contributed by atoms with van der Waals surface area (Å²) < 4.78 is 10.3. The van der Waals surface area contributed by atoms with Crippen molar-refractivity contribution in [2.75, 3.05) is 40.5 Å². The largest absolute Gasteiger partial charge is 0.497 e. The SMILES string of the molecule is COCCN1CC[C@H](O)[C@](Cc2cccc(OC)c2)(C(=O)O)C1. The summed E-state index contributed by atoms with van der Waals surface area (Å²) >= 11 is 0. The van der Waals surface area contributed by atoms with Gasteiger partial charge in [0, 0.05) is 26.7 Å². The van der Waals surface area contributed by atoms with Crippen molar-refractivity contribution < 1.29 is 24.5 Å². The second-order valence-electron chi connectivity index (χ2n) is 6.06. The molecule has 23 heavy (non-hydrogen) atoms. The summed E-state index contributed by atoms with van der Waals surface area (Å²) in [5.74, 6) is -0.278. The molecule has 1 aliphatic rings. The number of aliphatic hydroxyl groups excluding tert-OH is 1. The normalized spacial score (nSPS) is 25.3. The Kier molecular flexibility index (Phi) is 5.98. The number of carbonyl (C=O) groups is 1. The van der Waals surface area contributed by atoms with E-state index in [0.29, 0.717) is 38.4 Å². The third kappa shape index (κ3) is 4.02. The number of hydrogen-bond donors (Lipinski definition) is 2. The highest BCUT2D eigenvalue weighted by molar-refractivity contribution is 5.76. The molecule has 0 saturated carbocycles. The average Bonchev–Trinajstić information content (AvgIpc) is 2.55. The molecule has 1 saturated heterocycles. The van der Waals surface area contributed by atoms with Gasteiger partial charge in [0.15, 0.2) is 0 Å². The maximum atomic E-state index is 12.0. The zero-order valence-electron chi connectivity index (χ0n) is 13.7. The van der Waals surface area contributed by atoms with Gasteiger partial charge in [-0.1, -0.05) is 12.1 Å². The fourth-order valence-electron chi connectivity index (χ4n) is 3.18. The zero-order valence-corrected chi connectivity index (χ0v) is 13.7. The Morgan fingerprint density at radius 2 is 2.22 bits per heavy atom. The van der Waals surface area contributed by atoms with Gasteiger partial charge in [0.1, 0.15) is 11.2 Å². The van der Waals surface area contributed by atoms with Crippen LogP contribution in [0.2, 0.25) is 0 Å². The molecule has 128 valence electrons. The van der Waals surface area contributed by atoms with Crippen LogP contribution in [-0.4, -0.2) is 67.6 Å². The van der Waals surface area contributed by atoms with E-state index in [-0.39, 0.29) is 6.42 Å². The van der Waals surface area contributed by atoms with Crippen molar-refractivity contribution >= 4 is 5.97 Å². The summed E-state index contributed by atoms with van der Waals surface area (Å²) in [6.07, 6.45) is -0.158. The van der Waals surface area contributed by atoms with Gasteiger partial charge < -0.3 is 19.7 Å². The molecular weight excluding hydrogens is 298 g/mol. The van der Waals surface area contributed by atoms with E-state index in [0.717, 1.165) is 5.56 Å². The molecule has 2 rings (SSSR count). The molecule has 1 fully saturated rings. The molecular formula is C17H25NO5. The highest BCUT2D eigenvalue weighted by Crippen LogP contribution is 2.35. The molecule has 1 heterocycles. The molecule has 0 bridgehead atoms. The van der Waals surface area contributed by atoms with E-state index in [4.69, 9.17) is 9.47 Å². The van der Waals surface area contributed by atoms with Crippen LogP contribution in [0.25, 0.3) is 0 Å². The number of hydrogen-bond acceptors (Lipinski definition) is 5. The van der Waals surface area contributed by atoms with E-state index in [1.54, 1.807) is 14.2 Å². The maximum Gasteiger partial charge on any atom is 0.313 e. The van der Waals surface area contributed by atoms with Gasteiger partial charge in [0.05, 0.1) is 19.8 Å². The van der Waals surface area contributed by atoms with Gasteiger partial charge in [-0.2, -0.15) is 0 Å². The first kappa shape index (κ1) is 17.7. The number of methoxy groups -OCH3 is 2. The Morgan fingerprint density at radius 1 is 1.43 bits per heavy atom. The summed E-state index contributed by atoms with van der Waals surface area (Å²) in [7, 11) is 3.20. The predicted octanol–water partition coefficient (Wildman–Crippen LogP) is 1.02. The van der Waals surface area contributed by atoms with Crippen LogP contribution in [0.15, 0.2) is 24.3 Å². The Morgan fingerprint density at radius 3 is 2.87 bits per heavy atom. The third-order valence-corrected chi connectivity index (χ3v) is 4.55. The molecule has 0 amide bonds. The van der Waals surface area contributed by atoms with Gasteiger partial charge in [-0.15, -0.1) is 0 Å². The van der Waals surface area contributed by atoms with Crippen molar-refractivity contribution in [3.05, 3.63) is 29.8 Å². The monoisotopic (exact) mass is 323 g/mol. The second kappa shape index (κ2) is 7.77. The number of nitrogens with zero attached hydrogens (tertiary/aromatic N) is 1. The molecule has 0 aliphatic carbocycles. The lowest BCUT2D eigenvalue weighted by molar-refractivity contribution is -0.163. The van der Waals surface area contributed by atoms with Crippen LogP contribution in [-0.2, 0) is 16.0 Å². The van der Waals surface area contributed by atoms with Crippen LogP contribution in [0.5, 0.6) is 5.75 Å². The van der Waals surface area contributed by atoms with E-state index in [2.05, 4.69) is 0 Å². The van der Waals surface area contributed by atoms with Crippen molar-refractivity contribution in [3.8, 4) is 5.75 Å². The summed E-state index contributed by atoms with van der Waals surface area (Å²) in [5.41, 5.74) is -0.363. The fraction of sp³-hybridized carbons (Fsp3) is 0.588. The van der Waals surface area contributed by atoms with Crippen molar-refractivity contribution in [1.29, 1.82) is 0 Å². The number of aliphatic hydroxyl groups is 1. The summed E-state index contributed by atoms with van der Waals surface area (Å²) in [6, 6.07) is 7.35. The highest BCUT2D eigenvalue weighted by atomic mass is 16.5. The highest BCUT2D eigenvalue weighted by Gasteiger charge is 2.49. The van der Waals surface area contributed by atoms with E-state index >= 15 is 0 Å². The molecule has 2 atom stereocenters. The number of benzene rings is 1. The minimum atomic E-state index is -1.21. The van der Waals surface area contributed by atoms with Gasteiger partial charge in [-0.3, -0.25) is 9.69 Å². The Balaban J connectivity index is 2.23. The minimum Gasteiger partial charge on any atom is -0.497 e. The molecule has 0 aromatic heterocycles. The van der Waals surface area contributed by atoms with Gasteiger partial charge >= 0.3 is 5.97 Å². The first-order chi connectivity index (χ1) is 11.0. The Bertz CT molecular complexity index is 533. The molecule has 2 N–H and O–H groups in total. The number of piperidine rings is 1. The van der Waals surface area contributed by atoms with Crippen LogP contribution in [0, 0.1) is 5.41 Å². The zero-order chi connectivity index (χ0) is 16.9. The average molecular weight is 323 g/mol. The number of ether oxygens (including phenoxy) is 2. The Labute approximate surface area is 136 Å². The fourth-order valence-corrected chi connectivity index (χ4v) is 3.18. The van der Waals surface area contributed by atoms with Crippen LogP contribution < -0.4 is 4.74 Å². The van der Waals surface area contributed by atoms with Crippen LogP contribution in [0.4, 0.5) is 0 Å². The first-order valence-corrected chi connectivity index (χ1v) is 7.77. The summed E-state index contributed by atoms with van der Waals surface area (Å²) in [5, 5.41) is 20.3. The van der Waals surface area contributed by atoms with Crippen LogP contribution in [0.3, 0.4) is 0 Å². The molecule has 1 aliphatic heterocycles. The van der Waals surface area contributed by atoms with Crippen LogP contribution >= 0.6 is 0 Å². The van der Waals surface area contributed by atoms with Gasteiger partial charge in [-0.25, -0.2) is 0 Å². The standard InChI is InChI=1S/C17H25NO5/c1-22-9-8-18-7-6-15(19)17(12-18,16(20)21)11-13-4-3-5-14(10-13)23-2/h3-5,10,15,19H,6-9,11-12H2,1-2H3,(H,20,21)/t15-,17+/m0/s1. The topological polar surface area (TPSA) is 79.2 Å². The van der Waals surface area contributed by atoms with Crippen LogP contribution in [0.1, 0.15) is 12.0 Å². The van der Waals surface area contributed by atoms with E-state index < -0.39 is 17.5 Å². The van der Waals surface area contributed by atoms with Crippen molar-refractivity contribution in [2.45, 2.75) is 18.9 Å². The number of carboxylic acid groups (broad SMARTS) is 1. The molecule has 6 heteroatoms. The second-order valence-corrected chi connectivity index (χ2v) is 6.06. The number of aliphatic carboxylic acids is 1. The molecule has 0 radical (unpaired) electrons. The van der Waals surface area contributed by atoms with Crippen molar-refractivity contribution in [1.82, 2.24) is 4.90 Å². The van der Waals surface area contributed by atoms with E-state index in [1.807, 2.05) is 29.2 Å². The molecule has 6 nitrogen and oxygen atoms in total. The molecule has 1 aromatic rings.